The van der Waals surface area contributed by atoms with Crippen LogP contribution in [0.25, 0.3) is 11.3 Å². The van der Waals surface area contributed by atoms with Crippen molar-refractivity contribution in [3.05, 3.63) is 59.1 Å². The molecule has 1 aliphatic rings. The number of aromatic nitrogens is 3. The maximum Gasteiger partial charge on any atom is 0.241 e. The molecule has 0 bridgehead atoms. The molecule has 0 radical (unpaired) electrons. The van der Waals surface area contributed by atoms with E-state index in [-0.39, 0.29) is 24.3 Å². The summed E-state index contributed by atoms with van der Waals surface area (Å²) in [6.45, 7) is 5.39. The number of aliphatic hydroxyl groups excluding tert-OH is 1. The second kappa shape index (κ2) is 12.1. The first-order valence-corrected chi connectivity index (χ1v) is 13.2. The molecule has 3 aromatic rings. The van der Waals surface area contributed by atoms with Crippen molar-refractivity contribution >= 4 is 40.6 Å². The fourth-order valence-electron chi connectivity index (χ4n) is 4.47. The number of amides is 1. The van der Waals surface area contributed by atoms with Crippen LogP contribution in [0.4, 0.5) is 15.8 Å². The highest BCUT2D eigenvalue weighted by molar-refractivity contribution is 7.99. The normalized spacial score (nSPS) is 18.9. The number of benzene rings is 1. The molecule has 1 aromatic carbocycles. The van der Waals surface area contributed by atoms with Crippen molar-refractivity contribution < 1.29 is 14.3 Å². The number of hydrogen-bond acceptors (Lipinski definition) is 9. The van der Waals surface area contributed by atoms with Crippen molar-refractivity contribution in [2.45, 2.75) is 37.0 Å². The number of carbonyl (C=O) groups excluding carboxylic acids is 1. The summed E-state index contributed by atoms with van der Waals surface area (Å²) in [4.78, 5) is 19.0. The van der Waals surface area contributed by atoms with E-state index in [9.17, 15) is 14.3 Å². The number of rotatable bonds is 9. The van der Waals surface area contributed by atoms with E-state index < -0.39 is 17.8 Å². The number of thioether (sulfide) groups is 1. The highest BCUT2D eigenvalue weighted by atomic mass is 35.5. The Labute approximate surface area is 224 Å². The molecule has 2 aromatic heterocycles. The fourth-order valence-corrected chi connectivity index (χ4v) is 5.29. The minimum atomic E-state index is -0.691. The SMILES string of the molecule is CC1CN(C(C(N)=O)c2cc(Nc3cc(-c4cc(Cl)ccc4F)nnc3SCCO)ccn2)CC(C)N1. The smallest absolute Gasteiger partial charge is 0.241 e. The molecular formula is C25H29ClFN7O2S. The fraction of sp³-hybridized carbons (Fsp3) is 0.360. The molecule has 1 fully saturated rings. The van der Waals surface area contributed by atoms with Gasteiger partial charge in [-0.3, -0.25) is 14.7 Å². The van der Waals surface area contributed by atoms with Crippen molar-refractivity contribution in [1.82, 2.24) is 25.4 Å². The van der Waals surface area contributed by atoms with Gasteiger partial charge in [0.05, 0.1) is 23.7 Å². The standard InChI is InChI=1S/C25H29ClFN7O2S/c1-14-12-34(13-15(2)30-14)23(24(28)36)21-10-17(5-6-29-21)31-22-11-20(32-33-25(22)37-8-7-35)18-9-16(26)3-4-19(18)27/h3-6,9-11,14-15,23,30,35H,7-8,12-13H2,1-2H3,(H2,28,36)(H,29,31,32). The molecule has 0 saturated carbocycles. The minimum Gasteiger partial charge on any atom is -0.396 e. The van der Waals surface area contributed by atoms with Crippen molar-refractivity contribution in [1.29, 1.82) is 0 Å². The maximum atomic E-state index is 14.5. The van der Waals surface area contributed by atoms with Crippen molar-refractivity contribution in [2.24, 2.45) is 5.73 Å². The van der Waals surface area contributed by atoms with Gasteiger partial charge in [0.2, 0.25) is 5.91 Å². The Morgan fingerprint density at radius 2 is 2.03 bits per heavy atom. The summed E-state index contributed by atoms with van der Waals surface area (Å²) in [5, 5.41) is 25.4. The zero-order valence-electron chi connectivity index (χ0n) is 20.5. The molecule has 12 heteroatoms. The average molecular weight is 546 g/mol. The van der Waals surface area contributed by atoms with E-state index in [1.807, 2.05) is 4.90 Å². The number of halogens is 2. The molecule has 3 atom stereocenters. The van der Waals surface area contributed by atoms with E-state index in [1.165, 1.54) is 30.0 Å². The monoisotopic (exact) mass is 545 g/mol. The second-order valence-corrected chi connectivity index (χ2v) is 10.5. The average Bonchev–Trinajstić information content (AvgIpc) is 2.84. The predicted octanol–water partition coefficient (Wildman–Crippen LogP) is 3.37. The first-order chi connectivity index (χ1) is 17.7. The number of primary amides is 1. The summed E-state index contributed by atoms with van der Waals surface area (Å²) < 4.78 is 14.5. The summed E-state index contributed by atoms with van der Waals surface area (Å²) in [5.41, 5.74) is 8.06. The lowest BCUT2D eigenvalue weighted by atomic mass is 10.0. The third-order valence-electron chi connectivity index (χ3n) is 5.86. The Morgan fingerprint density at radius 3 is 2.73 bits per heavy atom. The zero-order valence-corrected chi connectivity index (χ0v) is 22.1. The molecule has 3 unspecified atom stereocenters. The first-order valence-electron chi connectivity index (χ1n) is 11.8. The second-order valence-electron chi connectivity index (χ2n) is 8.97. The summed E-state index contributed by atoms with van der Waals surface area (Å²) in [6.07, 6.45) is 1.61. The molecule has 196 valence electrons. The molecule has 1 aliphatic heterocycles. The van der Waals surface area contributed by atoms with Gasteiger partial charge in [0.15, 0.2) is 0 Å². The zero-order chi connectivity index (χ0) is 26.5. The van der Waals surface area contributed by atoms with Gasteiger partial charge < -0.3 is 21.5 Å². The Hall–Kier alpha value is -2.83. The van der Waals surface area contributed by atoms with Crippen LogP contribution in [0.1, 0.15) is 25.6 Å². The first kappa shape index (κ1) is 27.2. The number of nitrogens with two attached hydrogens (primary N) is 1. The van der Waals surface area contributed by atoms with Crippen LogP contribution in [0.15, 0.2) is 47.6 Å². The number of pyridine rings is 1. The van der Waals surface area contributed by atoms with Gasteiger partial charge >= 0.3 is 0 Å². The van der Waals surface area contributed by atoms with Gasteiger partial charge in [-0.1, -0.05) is 11.6 Å². The largest absolute Gasteiger partial charge is 0.396 e. The molecule has 0 aliphatic carbocycles. The highest BCUT2D eigenvalue weighted by Gasteiger charge is 2.32. The number of aliphatic hydroxyl groups is 1. The molecule has 0 spiro atoms. The van der Waals surface area contributed by atoms with E-state index >= 15 is 0 Å². The van der Waals surface area contributed by atoms with Crippen LogP contribution in [-0.2, 0) is 4.79 Å². The topological polar surface area (TPSA) is 129 Å². The van der Waals surface area contributed by atoms with Gasteiger partial charge in [0.1, 0.15) is 16.9 Å². The summed E-state index contributed by atoms with van der Waals surface area (Å²) in [5.74, 6) is -0.552. The van der Waals surface area contributed by atoms with Crippen molar-refractivity contribution in [3.8, 4) is 11.3 Å². The summed E-state index contributed by atoms with van der Waals surface area (Å²) in [7, 11) is 0. The molecule has 5 N–H and O–H groups in total. The van der Waals surface area contributed by atoms with Gasteiger partial charge in [-0.2, -0.15) is 0 Å². The van der Waals surface area contributed by atoms with E-state index in [1.54, 1.807) is 24.4 Å². The summed E-state index contributed by atoms with van der Waals surface area (Å²) >= 11 is 7.38. The lowest BCUT2D eigenvalue weighted by molar-refractivity contribution is -0.124. The van der Waals surface area contributed by atoms with Crippen LogP contribution in [0.3, 0.4) is 0 Å². The third kappa shape index (κ3) is 6.74. The summed E-state index contributed by atoms with van der Waals surface area (Å²) in [6, 6.07) is 9.14. The molecule has 1 saturated heterocycles. The molecule has 9 nitrogen and oxygen atoms in total. The Bertz CT molecular complexity index is 1260. The van der Waals surface area contributed by atoms with E-state index in [0.29, 0.717) is 51.7 Å². The van der Waals surface area contributed by atoms with Crippen LogP contribution in [0.2, 0.25) is 5.02 Å². The van der Waals surface area contributed by atoms with Gasteiger partial charge in [0.25, 0.3) is 0 Å². The quantitative estimate of drug-likeness (QED) is 0.299. The lowest BCUT2D eigenvalue weighted by Crippen LogP contribution is -2.56. The van der Waals surface area contributed by atoms with E-state index in [0.717, 1.165) is 0 Å². The van der Waals surface area contributed by atoms with Crippen LogP contribution >= 0.6 is 23.4 Å². The molecular weight excluding hydrogens is 517 g/mol. The minimum absolute atomic E-state index is 0.0440. The number of carbonyl (C=O) groups is 1. The Morgan fingerprint density at radius 1 is 1.27 bits per heavy atom. The Kier molecular flexibility index (Phi) is 8.93. The number of anilines is 2. The van der Waals surface area contributed by atoms with Crippen LogP contribution in [0.5, 0.6) is 0 Å². The predicted molar refractivity (Wildman–Crippen MR) is 143 cm³/mol. The molecule has 4 rings (SSSR count). The van der Waals surface area contributed by atoms with Crippen molar-refractivity contribution in [2.75, 3.05) is 30.8 Å². The number of piperazine rings is 1. The lowest BCUT2D eigenvalue weighted by Gasteiger charge is -2.39. The van der Waals surface area contributed by atoms with Gasteiger partial charge in [0, 0.05) is 53.4 Å². The molecule has 37 heavy (non-hydrogen) atoms. The number of nitrogens with one attached hydrogen (secondary N) is 2. The number of hydrogen-bond donors (Lipinski definition) is 4. The van der Waals surface area contributed by atoms with Gasteiger partial charge in [-0.15, -0.1) is 22.0 Å². The molecule has 3 heterocycles. The maximum absolute atomic E-state index is 14.5. The van der Waals surface area contributed by atoms with Crippen LogP contribution in [-0.4, -0.2) is 68.6 Å². The molecule has 1 amide bonds. The van der Waals surface area contributed by atoms with E-state index in [4.69, 9.17) is 17.3 Å². The van der Waals surface area contributed by atoms with Gasteiger partial charge in [-0.05, 0) is 50.2 Å². The van der Waals surface area contributed by atoms with E-state index in [2.05, 4.69) is 39.7 Å². The Balaban J connectivity index is 1.67. The van der Waals surface area contributed by atoms with Crippen LogP contribution < -0.4 is 16.4 Å². The van der Waals surface area contributed by atoms with Gasteiger partial charge in [-0.25, -0.2) is 4.39 Å². The van der Waals surface area contributed by atoms with Crippen LogP contribution in [0, 0.1) is 5.82 Å². The third-order valence-corrected chi connectivity index (χ3v) is 7.05. The van der Waals surface area contributed by atoms with Crippen molar-refractivity contribution in [3.63, 3.8) is 0 Å². The highest BCUT2D eigenvalue weighted by Crippen LogP contribution is 2.33. The number of nitrogens with zero attached hydrogens (tertiary/aromatic N) is 4.